The first-order valence-electron chi connectivity index (χ1n) is 3.91. The predicted octanol–water partition coefficient (Wildman–Crippen LogP) is 3.37. The molecule has 0 aliphatic heterocycles. The monoisotopic (exact) mass is 285 g/mol. The van der Waals surface area contributed by atoms with Crippen molar-refractivity contribution in [2.24, 2.45) is 5.73 Å². The molecule has 0 saturated heterocycles. The Labute approximate surface area is 96.2 Å². The minimum Gasteiger partial charge on any atom is -0.324 e. The van der Waals surface area contributed by atoms with Crippen molar-refractivity contribution in [2.45, 2.75) is 12.5 Å². The van der Waals surface area contributed by atoms with Crippen molar-refractivity contribution in [1.82, 2.24) is 0 Å². The molecular weight excluding hydrogens is 275 g/mol. The normalized spacial score (nSPS) is 12.0. The molecule has 0 amide bonds. The molecule has 1 nitrogen and oxygen atoms in total. The Morgan fingerprint density at radius 1 is 1.43 bits per heavy atom. The summed E-state index contributed by atoms with van der Waals surface area (Å²) in [5.41, 5.74) is 6.23. The standard InChI is InChI=1S/C9H10BrF2N.ClH/c10-7-2-1-6(5-8(7)12)9(13)3-4-11;/h1-2,5,9H,3-4,13H2;1H/t9-;/m0./s1. The van der Waals surface area contributed by atoms with Crippen LogP contribution in [-0.4, -0.2) is 6.67 Å². The first kappa shape index (κ1) is 13.8. The molecule has 0 bridgehead atoms. The molecule has 1 atom stereocenters. The van der Waals surface area contributed by atoms with E-state index in [1.807, 2.05) is 0 Å². The summed E-state index contributed by atoms with van der Waals surface area (Å²) in [6.45, 7) is -0.487. The minimum atomic E-state index is -0.487. The van der Waals surface area contributed by atoms with Crippen molar-refractivity contribution in [1.29, 1.82) is 0 Å². The number of rotatable bonds is 3. The number of alkyl halides is 1. The zero-order valence-electron chi connectivity index (χ0n) is 7.34. The van der Waals surface area contributed by atoms with Gasteiger partial charge in [0.15, 0.2) is 0 Å². The summed E-state index contributed by atoms with van der Waals surface area (Å²) in [6.07, 6.45) is 0.223. The third-order valence-corrected chi connectivity index (χ3v) is 2.44. The second kappa shape index (κ2) is 6.32. The van der Waals surface area contributed by atoms with Crippen LogP contribution in [0.3, 0.4) is 0 Å². The van der Waals surface area contributed by atoms with Gasteiger partial charge in [-0.15, -0.1) is 12.4 Å². The largest absolute Gasteiger partial charge is 0.324 e. The SMILES string of the molecule is Cl.N[C@@H](CCF)c1ccc(Br)c(F)c1. The van der Waals surface area contributed by atoms with Crippen molar-refractivity contribution in [3.8, 4) is 0 Å². The molecule has 0 aromatic heterocycles. The molecule has 0 heterocycles. The first-order chi connectivity index (χ1) is 6.15. The second-order valence-electron chi connectivity index (χ2n) is 2.76. The van der Waals surface area contributed by atoms with E-state index in [1.165, 1.54) is 6.07 Å². The maximum atomic E-state index is 13.0. The van der Waals surface area contributed by atoms with Crippen LogP contribution in [0.25, 0.3) is 0 Å². The Kier molecular flexibility index (Phi) is 6.24. The average Bonchev–Trinajstić information content (AvgIpc) is 2.10. The zero-order valence-corrected chi connectivity index (χ0v) is 9.75. The lowest BCUT2D eigenvalue weighted by Crippen LogP contribution is -2.11. The van der Waals surface area contributed by atoms with E-state index < -0.39 is 12.7 Å². The van der Waals surface area contributed by atoms with Crippen LogP contribution in [0.15, 0.2) is 22.7 Å². The number of nitrogens with two attached hydrogens (primary N) is 1. The molecule has 1 rings (SSSR count). The van der Waals surface area contributed by atoms with E-state index in [4.69, 9.17) is 5.73 Å². The van der Waals surface area contributed by atoms with Crippen LogP contribution in [-0.2, 0) is 0 Å². The molecule has 2 N–H and O–H groups in total. The fraction of sp³-hybridized carbons (Fsp3) is 0.333. The highest BCUT2D eigenvalue weighted by Crippen LogP contribution is 2.21. The summed E-state index contributed by atoms with van der Waals surface area (Å²) in [6, 6.07) is 4.16. The van der Waals surface area contributed by atoms with Crippen LogP contribution in [0.1, 0.15) is 18.0 Å². The molecule has 80 valence electrons. The van der Waals surface area contributed by atoms with E-state index in [9.17, 15) is 8.78 Å². The molecule has 0 fully saturated rings. The number of benzene rings is 1. The van der Waals surface area contributed by atoms with Crippen molar-refractivity contribution < 1.29 is 8.78 Å². The predicted molar refractivity (Wildman–Crippen MR) is 58.9 cm³/mol. The van der Waals surface area contributed by atoms with Crippen LogP contribution in [0.5, 0.6) is 0 Å². The van der Waals surface area contributed by atoms with E-state index in [-0.39, 0.29) is 24.6 Å². The molecule has 0 saturated carbocycles. The third kappa shape index (κ3) is 3.52. The summed E-state index contributed by atoms with van der Waals surface area (Å²) in [5, 5.41) is 0. The lowest BCUT2D eigenvalue weighted by atomic mass is 10.1. The van der Waals surface area contributed by atoms with Crippen LogP contribution in [0, 0.1) is 5.82 Å². The second-order valence-corrected chi connectivity index (χ2v) is 3.61. The fourth-order valence-electron chi connectivity index (χ4n) is 1.03. The van der Waals surface area contributed by atoms with Crippen molar-refractivity contribution >= 4 is 28.3 Å². The molecule has 0 radical (unpaired) electrons. The summed E-state index contributed by atoms with van der Waals surface area (Å²) >= 11 is 3.03. The van der Waals surface area contributed by atoms with E-state index in [0.717, 1.165) is 0 Å². The molecule has 5 heteroatoms. The van der Waals surface area contributed by atoms with Crippen molar-refractivity contribution in [3.63, 3.8) is 0 Å². The molecule has 0 spiro atoms. The summed E-state index contributed by atoms with van der Waals surface area (Å²) in [5.74, 6) is -0.369. The maximum Gasteiger partial charge on any atom is 0.137 e. The third-order valence-electron chi connectivity index (χ3n) is 1.79. The van der Waals surface area contributed by atoms with Crippen LogP contribution in [0.2, 0.25) is 0 Å². The van der Waals surface area contributed by atoms with Gasteiger partial charge in [-0.1, -0.05) is 6.07 Å². The van der Waals surface area contributed by atoms with Gasteiger partial charge in [0.1, 0.15) is 5.82 Å². The Balaban J connectivity index is 0.00000169. The Bertz CT molecular complexity index is 296. The van der Waals surface area contributed by atoms with Gasteiger partial charge < -0.3 is 5.73 Å². The number of hydrogen-bond acceptors (Lipinski definition) is 1. The first-order valence-corrected chi connectivity index (χ1v) is 4.71. The van der Waals surface area contributed by atoms with Crippen molar-refractivity contribution in [3.05, 3.63) is 34.1 Å². The van der Waals surface area contributed by atoms with Gasteiger partial charge in [0.05, 0.1) is 11.1 Å². The lowest BCUT2D eigenvalue weighted by molar-refractivity contribution is 0.441. The van der Waals surface area contributed by atoms with Gasteiger partial charge in [0, 0.05) is 6.04 Å². The molecule has 0 aliphatic rings. The molecule has 0 aliphatic carbocycles. The highest BCUT2D eigenvalue weighted by Gasteiger charge is 2.07. The molecule has 1 aromatic rings. The van der Waals surface area contributed by atoms with Gasteiger partial charge in [-0.2, -0.15) is 0 Å². The lowest BCUT2D eigenvalue weighted by Gasteiger charge is -2.09. The Morgan fingerprint density at radius 2 is 2.07 bits per heavy atom. The molecule has 14 heavy (non-hydrogen) atoms. The van der Waals surface area contributed by atoms with Crippen LogP contribution < -0.4 is 5.73 Å². The highest BCUT2D eigenvalue weighted by atomic mass is 79.9. The van der Waals surface area contributed by atoms with E-state index in [2.05, 4.69) is 15.9 Å². The number of halogens is 4. The smallest absolute Gasteiger partial charge is 0.137 e. The molecule has 1 aromatic carbocycles. The van der Waals surface area contributed by atoms with Crippen LogP contribution in [0.4, 0.5) is 8.78 Å². The van der Waals surface area contributed by atoms with Gasteiger partial charge in [-0.25, -0.2) is 4.39 Å². The van der Waals surface area contributed by atoms with E-state index in [0.29, 0.717) is 10.0 Å². The highest BCUT2D eigenvalue weighted by molar-refractivity contribution is 9.10. The average molecular weight is 287 g/mol. The summed E-state index contributed by atoms with van der Waals surface area (Å²) < 4.78 is 25.3. The van der Waals surface area contributed by atoms with Crippen molar-refractivity contribution in [2.75, 3.05) is 6.67 Å². The molecule has 0 unspecified atom stereocenters. The Hall–Kier alpha value is -0.190. The van der Waals surface area contributed by atoms with Gasteiger partial charge in [0.25, 0.3) is 0 Å². The van der Waals surface area contributed by atoms with Gasteiger partial charge >= 0.3 is 0 Å². The van der Waals surface area contributed by atoms with Gasteiger partial charge in [0.2, 0.25) is 0 Å². The maximum absolute atomic E-state index is 13.0. The zero-order chi connectivity index (χ0) is 9.84. The van der Waals surface area contributed by atoms with E-state index >= 15 is 0 Å². The quantitative estimate of drug-likeness (QED) is 0.906. The minimum absolute atomic E-state index is 0. The molecular formula is C9H11BrClF2N. The van der Waals surface area contributed by atoms with E-state index in [1.54, 1.807) is 12.1 Å². The summed E-state index contributed by atoms with van der Waals surface area (Å²) in [7, 11) is 0. The van der Waals surface area contributed by atoms with Gasteiger partial charge in [-0.05, 0) is 40.0 Å². The van der Waals surface area contributed by atoms with Crippen LogP contribution >= 0.6 is 28.3 Å². The summed E-state index contributed by atoms with van der Waals surface area (Å²) in [4.78, 5) is 0. The van der Waals surface area contributed by atoms with Gasteiger partial charge in [-0.3, -0.25) is 4.39 Å². The topological polar surface area (TPSA) is 26.0 Å². The Morgan fingerprint density at radius 3 is 2.57 bits per heavy atom. The fourth-order valence-corrected chi connectivity index (χ4v) is 1.27. The number of hydrogen-bond donors (Lipinski definition) is 1.